The molecule has 0 fully saturated rings. The summed E-state index contributed by atoms with van der Waals surface area (Å²) in [6.45, 7) is 3.72. The number of aryl methyl sites for hydroxylation is 1. The summed E-state index contributed by atoms with van der Waals surface area (Å²) in [6, 6.07) is 4.96. The number of alkyl halides is 1. The van der Waals surface area contributed by atoms with Crippen molar-refractivity contribution < 1.29 is 9.18 Å². The van der Waals surface area contributed by atoms with Crippen LogP contribution < -0.4 is 0 Å². The minimum absolute atomic E-state index is 0.107. The Morgan fingerprint density at radius 1 is 1.53 bits per heavy atom. The molecule has 0 aromatic heterocycles. The number of Topliss-reactive ketones (excluding diaryl/α,β-unsaturated/α-hetero) is 1. The van der Waals surface area contributed by atoms with Crippen LogP contribution in [0.1, 0.15) is 24.5 Å². The van der Waals surface area contributed by atoms with E-state index in [1.807, 2.05) is 13.8 Å². The van der Waals surface area contributed by atoms with E-state index in [9.17, 15) is 9.18 Å². The molecule has 0 radical (unpaired) electrons. The van der Waals surface area contributed by atoms with E-state index in [1.54, 1.807) is 12.1 Å². The third-order valence-electron chi connectivity index (χ3n) is 2.30. The molecule has 1 rings (SSSR count). The highest BCUT2D eigenvalue weighted by Crippen LogP contribution is 2.16. The Morgan fingerprint density at radius 3 is 2.80 bits per heavy atom. The first kappa shape index (κ1) is 12.4. The Labute approximate surface area is 97.8 Å². The van der Waals surface area contributed by atoms with Crippen LogP contribution in [0.25, 0.3) is 0 Å². The number of ketones is 1. The van der Waals surface area contributed by atoms with Crippen molar-refractivity contribution in [3.8, 4) is 0 Å². The number of hydrogen-bond acceptors (Lipinski definition) is 1. The van der Waals surface area contributed by atoms with Crippen molar-refractivity contribution in [1.82, 2.24) is 0 Å². The maximum Gasteiger partial charge on any atom is 0.146 e. The molecule has 3 heteroatoms. The van der Waals surface area contributed by atoms with Crippen molar-refractivity contribution in [3.63, 3.8) is 0 Å². The Bertz CT molecular complexity index is 363. The molecule has 0 saturated carbocycles. The van der Waals surface area contributed by atoms with Gasteiger partial charge in [0, 0.05) is 6.42 Å². The van der Waals surface area contributed by atoms with Crippen molar-refractivity contribution >= 4 is 21.7 Å². The second-order valence-corrected chi connectivity index (χ2v) is 4.69. The van der Waals surface area contributed by atoms with Crippen molar-refractivity contribution in [2.24, 2.45) is 0 Å². The molecular formula is C12H14BrFO. The van der Waals surface area contributed by atoms with E-state index in [-0.39, 0.29) is 16.4 Å². The predicted octanol–water partition coefficient (Wildman–Crippen LogP) is 3.42. The van der Waals surface area contributed by atoms with Crippen LogP contribution in [-0.4, -0.2) is 10.6 Å². The first-order valence-electron chi connectivity index (χ1n) is 4.96. The van der Waals surface area contributed by atoms with Gasteiger partial charge in [-0.05, 0) is 25.0 Å². The quantitative estimate of drug-likeness (QED) is 0.768. The van der Waals surface area contributed by atoms with Crippen LogP contribution in [0.4, 0.5) is 4.39 Å². The fourth-order valence-electron chi connectivity index (χ4n) is 1.39. The molecular weight excluding hydrogens is 259 g/mol. The van der Waals surface area contributed by atoms with Crippen molar-refractivity contribution in [2.45, 2.75) is 31.5 Å². The van der Waals surface area contributed by atoms with E-state index in [4.69, 9.17) is 0 Å². The van der Waals surface area contributed by atoms with Crippen LogP contribution in [0, 0.1) is 12.7 Å². The molecule has 0 heterocycles. The lowest BCUT2D eigenvalue weighted by molar-refractivity contribution is -0.118. The largest absolute Gasteiger partial charge is 0.298 e. The van der Waals surface area contributed by atoms with Crippen LogP contribution in [0.3, 0.4) is 0 Å². The smallest absolute Gasteiger partial charge is 0.146 e. The summed E-state index contributed by atoms with van der Waals surface area (Å²) in [5.74, 6) is -0.134. The summed E-state index contributed by atoms with van der Waals surface area (Å²) in [4.78, 5) is 11.1. The number of rotatable bonds is 4. The Kier molecular flexibility index (Phi) is 4.45. The van der Waals surface area contributed by atoms with E-state index < -0.39 is 0 Å². The van der Waals surface area contributed by atoms with Crippen LogP contribution in [0.5, 0.6) is 0 Å². The normalized spacial score (nSPS) is 12.5. The average Bonchev–Trinajstić information content (AvgIpc) is 2.22. The van der Waals surface area contributed by atoms with Gasteiger partial charge in [0.05, 0.1) is 4.83 Å². The van der Waals surface area contributed by atoms with Gasteiger partial charge < -0.3 is 0 Å². The highest BCUT2D eigenvalue weighted by molar-refractivity contribution is 9.10. The van der Waals surface area contributed by atoms with Gasteiger partial charge in [0.1, 0.15) is 11.6 Å². The van der Waals surface area contributed by atoms with Gasteiger partial charge in [-0.2, -0.15) is 0 Å². The monoisotopic (exact) mass is 272 g/mol. The maximum atomic E-state index is 13.4. The van der Waals surface area contributed by atoms with Crippen molar-refractivity contribution in [2.75, 3.05) is 0 Å². The molecule has 0 aliphatic heterocycles. The fourth-order valence-corrected chi connectivity index (χ4v) is 2.06. The van der Waals surface area contributed by atoms with Gasteiger partial charge in [0.2, 0.25) is 0 Å². The van der Waals surface area contributed by atoms with Crippen LogP contribution in [0.15, 0.2) is 18.2 Å². The third-order valence-corrected chi connectivity index (χ3v) is 3.13. The van der Waals surface area contributed by atoms with Gasteiger partial charge in [0.15, 0.2) is 0 Å². The molecule has 1 aromatic carbocycles. The standard InChI is InChI=1S/C12H14BrFO/c1-3-12(15)10(13)7-9-6-8(2)4-5-11(9)14/h4-6,10H,3,7H2,1-2H3. The van der Waals surface area contributed by atoms with Crippen molar-refractivity contribution in [1.29, 1.82) is 0 Å². The number of benzene rings is 1. The maximum absolute atomic E-state index is 13.4. The molecule has 0 bridgehead atoms. The Morgan fingerprint density at radius 2 is 2.20 bits per heavy atom. The summed E-state index contributed by atoms with van der Waals surface area (Å²) in [7, 11) is 0. The van der Waals surface area contributed by atoms with E-state index in [1.165, 1.54) is 6.07 Å². The fraction of sp³-hybridized carbons (Fsp3) is 0.417. The number of halogens is 2. The lowest BCUT2D eigenvalue weighted by Crippen LogP contribution is -2.16. The summed E-state index contributed by atoms with van der Waals surface area (Å²) in [6.07, 6.45) is 0.892. The van der Waals surface area contributed by atoms with Gasteiger partial charge >= 0.3 is 0 Å². The van der Waals surface area contributed by atoms with Gasteiger partial charge in [-0.15, -0.1) is 0 Å². The molecule has 1 unspecified atom stereocenters. The first-order valence-corrected chi connectivity index (χ1v) is 5.88. The van der Waals surface area contributed by atoms with Gasteiger partial charge in [0.25, 0.3) is 0 Å². The molecule has 0 aliphatic rings. The summed E-state index contributed by atoms with van der Waals surface area (Å²) >= 11 is 3.28. The Balaban J connectivity index is 2.80. The first-order chi connectivity index (χ1) is 7.04. The molecule has 1 aromatic rings. The molecule has 0 N–H and O–H groups in total. The molecule has 0 amide bonds. The zero-order chi connectivity index (χ0) is 11.4. The number of carbonyl (C=O) groups excluding carboxylic acids is 1. The number of hydrogen-bond donors (Lipinski definition) is 0. The summed E-state index contributed by atoms with van der Waals surface area (Å²) in [5, 5.41) is 0. The van der Waals surface area contributed by atoms with Gasteiger partial charge in [-0.25, -0.2) is 4.39 Å². The van der Waals surface area contributed by atoms with E-state index in [0.717, 1.165) is 5.56 Å². The lowest BCUT2D eigenvalue weighted by atomic mass is 10.0. The molecule has 82 valence electrons. The molecule has 0 aliphatic carbocycles. The highest BCUT2D eigenvalue weighted by atomic mass is 79.9. The van der Waals surface area contributed by atoms with Crippen molar-refractivity contribution in [3.05, 3.63) is 35.1 Å². The van der Waals surface area contributed by atoms with E-state index in [2.05, 4.69) is 15.9 Å². The highest BCUT2D eigenvalue weighted by Gasteiger charge is 2.15. The molecule has 0 saturated heterocycles. The number of carbonyl (C=O) groups is 1. The average molecular weight is 273 g/mol. The second-order valence-electron chi connectivity index (χ2n) is 3.59. The summed E-state index contributed by atoms with van der Waals surface area (Å²) < 4.78 is 13.4. The van der Waals surface area contributed by atoms with E-state index >= 15 is 0 Å². The topological polar surface area (TPSA) is 17.1 Å². The molecule has 1 atom stereocenters. The third kappa shape index (κ3) is 3.42. The predicted molar refractivity (Wildman–Crippen MR) is 62.9 cm³/mol. The minimum atomic E-state index is -0.279. The summed E-state index contributed by atoms with van der Waals surface area (Å²) in [5.41, 5.74) is 1.61. The molecule has 15 heavy (non-hydrogen) atoms. The zero-order valence-corrected chi connectivity index (χ0v) is 10.5. The van der Waals surface area contributed by atoms with Crippen LogP contribution in [-0.2, 0) is 11.2 Å². The molecule has 1 nitrogen and oxygen atoms in total. The van der Waals surface area contributed by atoms with Gasteiger partial charge in [-0.1, -0.05) is 40.5 Å². The van der Waals surface area contributed by atoms with Crippen LogP contribution in [0.2, 0.25) is 0 Å². The second kappa shape index (κ2) is 5.40. The zero-order valence-electron chi connectivity index (χ0n) is 8.89. The lowest BCUT2D eigenvalue weighted by Gasteiger charge is -2.09. The molecule has 0 spiro atoms. The minimum Gasteiger partial charge on any atom is -0.298 e. The SMILES string of the molecule is CCC(=O)C(Br)Cc1cc(C)ccc1F. The van der Waals surface area contributed by atoms with Gasteiger partial charge in [-0.3, -0.25) is 4.79 Å². The van der Waals surface area contributed by atoms with Crippen LogP contribution >= 0.6 is 15.9 Å². The van der Waals surface area contributed by atoms with E-state index in [0.29, 0.717) is 18.4 Å². The Hall–Kier alpha value is -0.700.